The van der Waals surface area contributed by atoms with Crippen molar-refractivity contribution in [3.05, 3.63) is 0 Å². The normalized spacial score (nSPS) is 23.8. The number of hydrogen-bond donors (Lipinski definition) is 1. The van der Waals surface area contributed by atoms with E-state index in [2.05, 4.69) is 17.1 Å². The van der Waals surface area contributed by atoms with Crippen molar-refractivity contribution < 1.29 is 4.74 Å². The molecule has 19 heavy (non-hydrogen) atoms. The zero-order valence-electron chi connectivity index (χ0n) is 12.7. The number of rotatable bonds is 7. The Morgan fingerprint density at radius 2 is 1.84 bits per heavy atom. The maximum absolute atomic E-state index is 5.97. The third-order valence-electron chi connectivity index (χ3n) is 4.66. The molecule has 2 saturated heterocycles. The largest absolute Gasteiger partial charge is 0.378 e. The molecule has 0 aliphatic carbocycles. The summed E-state index contributed by atoms with van der Waals surface area (Å²) in [6, 6.07) is 0. The SMILES string of the molecule is CCCC1CCN(CCCOC2CCNCC2)CC1. The molecule has 3 nitrogen and oxygen atoms in total. The van der Waals surface area contributed by atoms with Gasteiger partial charge in [-0.15, -0.1) is 0 Å². The topological polar surface area (TPSA) is 24.5 Å². The molecule has 0 aromatic rings. The van der Waals surface area contributed by atoms with Crippen molar-refractivity contribution >= 4 is 0 Å². The van der Waals surface area contributed by atoms with Crippen molar-refractivity contribution in [2.75, 3.05) is 39.3 Å². The second-order valence-electron chi connectivity index (χ2n) is 6.25. The van der Waals surface area contributed by atoms with Crippen LogP contribution in [0.15, 0.2) is 0 Å². The Bertz CT molecular complexity index is 221. The van der Waals surface area contributed by atoms with Gasteiger partial charge < -0.3 is 15.0 Å². The highest BCUT2D eigenvalue weighted by Crippen LogP contribution is 2.21. The monoisotopic (exact) mass is 268 g/mol. The summed E-state index contributed by atoms with van der Waals surface area (Å²) >= 11 is 0. The first kappa shape index (κ1) is 15.3. The van der Waals surface area contributed by atoms with Crippen LogP contribution in [0.2, 0.25) is 0 Å². The Kier molecular flexibility index (Phi) is 7.18. The molecular formula is C16H32N2O. The molecular weight excluding hydrogens is 236 g/mol. The standard InChI is InChI=1S/C16H32N2O/c1-2-4-15-7-12-18(13-8-15)11-3-14-19-16-5-9-17-10-6-16/h15-17H,2-14H2,1H3. The molecule has 2 rings (SSSR count). The van der Waals surface area contributed by atoms with Crippen LogP contribution in [0.5, 0.6) is 0 Å². The number of ether oxygens (including phenoxy) is 1. The van der Waals surface area contributed by atoms with Crippen molar-refractivity contribution in [2.45, 2.75) is 58.0 Å². The third-order valence-corrected chi connectivity index (χ3v) is 4.66. The highest BCUT2D eigenvalue weighted by atomic mass is 16.5. The first-order chi connectivity index (χ1) is 9.38. The summed E-state index contributed by atoms with van der Waals surface area (Å²) in [5, 5.41) is 3.38. The van der Waals surface area contributed by atoms with Gasteiger partial charge in [-0.3, -0.25) is 0 Å². The van der Waals surface area contributed by atoms with E-state index in [9.17, 15) is 0 Å². The van der Waals surface area contributed by atoms with Gasteiger partial charge in [-0.05, 0) is 64.2 Å². The van der Waals surface area contributed by atoms with Gasteiger partial charge in [0.15, 0.2) is 0 Å². The Hall–Kier alpha value is -0.120. The summed E-state index contributed by atoms with van der Waals surface area (Å²) in [5.41, 5.74) is 0. The van der Waals surface area contributed by atoms with Gasteiger partial charge in [-0.1, -0.05) is 19.8 Å². The number of piperidine rings is 2. The summed E-state index contributed by atoms with van der Waals surface area (Å²) in [4.78, 5) is 2.64. The minimum absolute atomic E-state index is 0.525. The molecule has 2 aliphatic rings. The van der Waals surface area contributed by atoms with Crippen LogP contribution in [0.1, 0.15) is 51.9 Å². The van der Waals surface area contributed by atoms with Crippen LogP contribution in [0.25, 0.3) is 0 Å². The molecule has 0 saturated carbocycles. The van der Waals surface area contributed by atoms with E-state index in [0.717, 1.165) is 25.6 Å². The fourth-order valence-corrected chi connectivity index (χ4v) is 3.41. The fraction of sp³-hybridized carbons (Fsp3) is 1.00. The summed E-state index contributed by atoms with van der Waals surface area (Å²) < 4.78 is 5.97. The van der Waals surface area contributed by atoms with Gasteiger partial charge in [0.05, 0.1) is 6.10 Å². The maximum Gasteiger partial charge on any atom is 0.0599 e. The zero-order chi connectivity index (χ0) is 13.3. The Morgan fingerprint density at radius 3 is 2.53 bits per heavy atom. The second-order valence-corrected chi connectivity index (χ2v) is 6.25. The summed E-state index contributed by atoms with van der Waals surface area (Å²) in [7, 11) is 0. The molecule has 2 heterocycles. The Labute approximate surface area is 119 Å². The van der Waals surface area contributed by atoms with Crippen molar-refractivity contribution in [3.63, 3.8) is 0 Å². The van der Waals surface area contributed by atoms with E-state index >= 15 is 0 Å². The molecule has 0 aromatic carbocycles. The molecule has 1 N–H and O–H groups in total. The molecule has 2 aliphatic heterocycles. The molecule has 0 radical (unpaired) electrons. The predicted molar refractivity (Wildman–Crippen MR) is 80.5 cm³/mol. The van der Waals surface area contributed by atoms with Crippen LogP contribution < -0.4 is 5.32 Å². The van der Waals surface area contributed by atoms with Crippen LogP contribution in [0.4, 0.5) is 0 Å². The second kappa shape index (κ2) is 8.93. The average molecular weight is 268 g/mol. The zero-order valence-corrected chi connectivity index (χ0v) is 12.7. The van der Waals surface area contributed by atoms with E-state index in [1.54, 1.807) is 0 Å². The summed E-state index contributed by atoms with van der Waals surface area (Å²) in [6.07, 6.45) is 9.76. The lowest BCUT2D eigenvalue weighted by molar-refractivity contribution is 0.0262. The summed E-state index contributed by atoms with van der Waals surface area (Å²) in [5.74, 6) is 1.01. The lowest BCUT2D eigenvalue weighted by Gasteiger charge is -2.32. The predicted octanol–water partition coefficient (Wildman–Crippen LogP) is 2.66. The quantitative estimate of drug-likeness (QED) is 0.718. The van der Waals surface area contributed by atoms with E-state index in [-0.39, 0.29) is 0 Å². The van der Waals surface area contributed by atoms with Crippen molar-refractivity contribution in [1.82, 2.24) is 10.2 Å². The Balaban J connectivity index is 1.47. The first-order valence-corrected chi connectivity index (χ1v) is 8.43. The average Bonchev–Trinajstić information content (AvgIpc) is 2.47. The van der Waals surface area contributed by atoms with Crippen LogP contribution in [-0.4, -0.2) is 50.3 Å². The molecule has 0 atom stereocenters. The molecule has 2 fully saturated rings. The Morgan fingerprint density at radius 1 is 1.11 bits per heavy atom. The van der Waals surface area contributed by atoms with Crippen LogP contribution >= 0.6 is 0 Å². The van der Waals surface area contributed by atoms with E-state index in [1.807, 2.05) is 0 Å². The third kappa shape index (κ3) is 5.80. The van der Waals surface area contributed by atoms with Crippen LogP contribution in [0, 0.1) is 5.92 Å². The van der Waals surface area contributed by atoms with Crippen LogP contribution in [0.3, 0.4) is 0 Å². The number of nitrogens with zero attached hydrogens (tertiary/aromatic N) is 1. The molecule has 112 valence electrons. The van der Waals surface area contributed by atoms with Gasteiger partial charge in [0.1, 0.15) is 0 Å². The lowest BCUT2D eigenvalue weighted by atomic mass is 9.92. The molecule has 0 unspecified atom stereocenters. The molecule has 0 amide bonds. The van der Waals surface area contributed by atoms with Gasteiger partial charge in [0.2, 0.25) is 0 Å². The fourth-order valence-electron chi connectivity index (χ4n) is 3.41. The van der Waals surface area contributed by atoms with E-state index in [1.165, 1.54) is 64.6 Å². The van der Waals surface area contributed by atoms with Gasteiger partial charge >= 0.3 is 0 Å². The molecule has 0 bridgehead atoms. The van der Waals surface area contributed by atoms with Crippen molar-refractivity contribution in [1.29, 1.82) is 0 Å². The van der Waals surface area contributed by atoms with Crippen molar-refractivity contribution in [2.24, 2.45) is 5.92 Å². The van der Waals surface area contributed by atoms with Gasteiger partial charge in [0, 0.05) is 13.2 Å². The van der Waals surface area contributed by atoms with Gasteiger partial charge in [-0.25, -0.2) is 0 Å². The van der Waals surface area contributed by atoms with Crippen molar-refractivity contribution in [3.8, 4) is 0 Å². The number of nitrogens with one attached hydrogen (secondary N) is 1. The minimum atomic E-state index is 0.525. The molecule has 3 heteroatoms. The highest BCUT2D eigenvalue weighted by Gasteiger charge is 2.18. The smallest absolute Gasteiger partial charge is 0.0599 e. The lowest BCUT2D eigenvalue weighted by Crippen LogP contribution is -2.35. The summed E-state index contributed by atoms with van der Waals surface area (Å²) in [6.45, 7) is 9.41. The maximum atomic E-state index is 5.97. The first-order valence-electron chi connectivity index (χ1n) is 8.43. The minimum Gasteiger partial charge on any atom is -0.378 e. The molecule has 0 spiro atoms. The number of likely N-dealkylation sites (tertiary alicyclic amines) is 1. The number of hydrogen-bond acceptors (Lipinski definition) is 3. The van der Waals surface area contributed by atoms with Crippen LogP contribution in [-0.2, 0) is 4.74 Å². The van der Waals surface area contributed by atoms with Gasteiger partial charge in [0.25, 0.3) is 0 Å². The molecule has 0 aromatic heterocycles. The van der Waals surface area contributed by atoms with E-state index in [0.29, 0.717) is 6.10 Å². The van der Waals surface area contributed by atoms with E-state index in [4.69, 9.17) is 4.74 Å². The van der Waals surface area contributed by atoms with E-state index < -0.39 is 0 Å². The van der Waals surface area contributed by atoms with Gasteiger partial charge in [-0.2, -0.15) is 0 Å². The highest BCUT2D eigenvalue weighted by molar-refractivity contribution is 4.72.